The van der Waals surface area contributed by atoms with E-state index in [4.69, 9.17) is 5.11 Å². The number of anilines is 1. The zero-order valence-electron chi connectivity index (χ0n) is 14.9. The van der Waals surface area contributed by atoms with Crippen LogP contribution in [0.3, 0.4) is 0 Å². The second-order valence-electron chi connectivity index (χ2n) is 5.78. The molecular weight excluding hydrogens is 444 g/mol. The first-order valence-electron chi connectivity index (χ1n) is 8.43. The van der Waals surface area contributed by atoms with E-state index in [1.165, 1.54) is 23.9 Å². The third-order valence-corrected chi connectivity index (χ3v) is 5.38. The molecule has 1 aromatic heterocycles. The third-order valence-electron chi connectivity index (χ3n) is 3.88. The van der Waals surface area contributed by atoms with Crippen LogP contribution in [0.25, 0.3) is 11.4 Å². The summed E-state index contributed by atoms with van der Waals surface area (Å²) in [6.45, 7) is 2.68. The fraction of sp³-hybridized carbons (Fsp3) is 0.158. The molecule has 0 aliphatic carbocycles. The number of benzene rings is 2. The minimum Gasteiger partial charge on any atom is -0.478 e. The minimum absolute atomic E-state index is 0.166. The smallest absolute Gasteiger partial charge is 0.335 e. The predicted octanol–water partition coefficient (Wildman–Crippen LogP) is 4.16. The molecule has 3 rings (SSSR count). The predicted molar refractivity (Wildman–Crippen MR) is 112 cm³/mol. The summed E-state index contributed by atoms with van der Waals surface area (Å²) in [6.07, 6.45) is 0. The molecule has 1 heterocycles. The lowest BCUT2D eigenvalue weighted by Gasteiger charge is -2.08. The van der Waals surface area contributed by atoms with Crippen LogP contribution in [0.4, 0.5) is 5.69 Å². The van der Waals surface area contributed by atoms with Crippen molar-refractivity contribution in [3.63, 3.8) is 0 Å². The molecule has 28 heavy (non-hydrogen) atoms. The van der Waals surface area contributed by atoms with Crippen LogP contribution in [0.1, 0.15) is 17.3 Å². The molecule has 144 valence electrons. The number of carbonyl (C=O) groups excluding carboxylic acids is 1. The van der Waals surface area contributed by atoms with Gasteiger partial charge in [0.05, 0.1) is 11.3 Å². The maximum Gasteiger partial charge on any atom is 0.335 e. The Kier molecular flexibility index (Phi) is 6.48. The SMILES string of the molecule is CCn1c(SCC(=O)Nc2ccc(C(=O)O)cc2)nnc1-c1ccc(Br)cc1. The molecule has 7 nitrogen and oxygen atoms in total. The van der Waals surface area contributed by atoms with Crippen LogP contribution in [-0.4, -0.2) is 37.5 Å². The molecule has 0 aliphatic heterocycles. The molecule has 0 spiro atoms. The van der Waals surface area contributed by atoms with Gasteiger partial charge in [-0.1, -0.05) is 39.8 Å². The topological polar surface area (TPSA) is 97.1 Å². The van der Waals surface area contributed by atoms with Crippen LogP contribution in [0, 0.1) is 0 Å². The Balaban J connectivity index is 1.64. The number of carboxylic acids is 1. The van der Waals surface area contributed by atoms with Crippen LogP contribution in [0.2, 0.25) is 0 Å². The number of aromatic nitrogens is 3. The Labute approximate surface area is 174 Å². The molecule has 0 aliphatic rings. The Morgan fingerprint density at radius 3 is 2.39 bits per heavy atom. The van der Waals surface area contributed by atoms with Gasteiger partial charge in [-0.25, -0.2) is 4.79 Å². The van der Waals surface area contributed by atoms with Crippen molar-refractivity contribution in [2.75, 3.05) is 11.1 Å². The molecule has 9 heteroatoms. The molecule has 0 fully saturated rings. The highest BCUT2D eigenvalue weighted by atomic mass is 79.9. The van der Waals surface area contributed by atoms with Crippen LogP contribution >= 0.6 is 27.7 Å². The lowest BCUT2D eigenvalue weighted by Crippen LogP contribution is -2.14. The first-order valence-corrected chi connectivity index (χ1v) is 10.2. The van der Waals surface area contributed by atoms with E-state index in [-0.39, 0.29) is 17.2 Å². The molecule has 3 aromatic rings. The van der Waals surface area contributed by atoms with Crippen LogP contribution in [0.15, 0.2) is 58.2 Å². The van der Waals surface area contributed by atoms with Gasteiger partial charge < -0.3 is 15.0 Å². The lowest BCUT2D eigenvalue weighted by molar-refractivity contribution is -0.113. The van der Waals surface area contributed by atoms with Gasteiger partial charge in [0.25, 0.3) is 0 Å². The van der Waals surface area contributed by atoms with Gasteiger partial charge in [-0.05, 0) is 43.3 Å². The molecule has 0 saturated heterocycles. The van der Waals surface area contributed by atoms with Gasteiger partial charge in [-0.2, -0.15) is 0 Å². The number of amides is 1. The summed E-state index contributed by atoms with van der Waals surface area (Å²) in [7, 11) is 0. The number of rotatable bonds is 7. The summed E-state index contributed by atoms with van der Waals surface area (Å²) in [5.41, 5.74) is 1.67. The number of hydrogen-bond donors (Lipinski definition) is 2. The number of halogens is 1. The van der Waals surface area contributed by atoms with E-state index in [9.17, 15) is 9.59 Å². The molecule has 0 radical (unpaired) electrons. The lowest BCUT2D eigenvalue weighted by atomic mass is 10.2. The molecule has 2 N–H and O–H groups in total. The van der Waals surface area contributed by atoms with E-state index >= 15 is 0 Å². The molecule has 0 unspecified atom stereocenters. The van der Waals surface area contributed by atoms with Gasteiger partial charge in [0.1, 0.15) is 0 Å². The molecular formula is C19H17BrN4O3S. The Hall–Kier alpha value is -2.65. The largest absolute Gasteiger partial charge is 0.478 e. The first kappa shape index (κ1) is 20.1. The highest BCUT2D eigenvalue weighted by molar-refractivity contribution is 9.10. The third kappa shape index (κ3) is 4.79. The molecule has 0 bridgehead atoms. The maximum atomic E-state index is 12.2. The molecule has 0 saturated carbocycles. The monoisotopic (exact) mass is 460 g/mol. The Morgan fingerprint density at radius 2 is 1.79 bits per heavy atom. The van der Waals surface area contributed by atoms with Crippen LogP contribution in [0.5, 0.6) is 0 Å². The average Bonchev–Trinajstić information content (AvgIpc) is 3.10. The van der Waals surface area contributed by atoms with Crippen molar-refractivity contribution in [1.29, 1.82) is 0 Å². The number of carboxylic acid groups (broad SMARTS) is 1. The van der Waals surface area contributed by atoms with Gasteiger partial charge in [-0.3, -0.25) is 4.79 Å². The number of nitrogens with one attached hydrogen (secondary N) is 1. The van der Waals surface area contributed by atoms with E-state index in [2.05, 4.69) is 31.4 Å². The number of nitrogens with zero attached hydrogens (tertiary/aromatic N) is 3. The van der Waals surface area contributed by atoms with Crippen molar-refractivity contribution in [2.24, 2.45) is 0 Å². The highest BCUT2D eigenvalue weighted by Crippen LogP contribution is 2.25. The van der Waals surface area contributed by atoms with E-state index in [1.807, 2.05) is 35.8 Å². The van der Waals surface area contributed by atoms with Gasteiger partial charge in [0.15, 0.2) is 11.0 Å². The van der Waals surface area contributed by atoms with Gasteiger partial charge in [0.2, 0.25) is 5.91 Å². The fourth-order valence-electron chi connectivity index (χ4n) is 2.52. The van der Waals surface area contributed by atoms with Crippen molar-refractivity contribution >= 4 is 45.3 Å². The van der Waals surface area contributed by atoms with E-state index < -0.39 is 5.97 Å². The van der Waals surface area contributed by atoms with Crippen LogP contribution < -0.4 is 5.32 Å². The maximum absolute atomic E-state index is 12.2. The Bertz CT molecular complexity index is 987. The van der Waals surface area contributed by atoms with Gasteiger partial charge in [-0.15, -0.1) is 10.2 Å². The van der Waals surface area contributed by atoms with E-state index in [1.54, 1.807) is 12.1 Å². The molecule has 2 aromatic carbocycles. The van der Waals surface area contributed by atoms with E-state index in [0.29, 0.717) is 17.4 Å². The van der Waals surface area contributed by atoms with Crippen molar-refractivity contribution < 1.29 is 14.7 Å². The average molecular weight is 461 g/mol. The van der Waals surface area contributed by atoms with Gasteiger partial charge in [0, 0.05) is 22.3 Å². The molecule has 1 amide bonds. The second-order valence-corrected chi connectivity index (χ2v) is 7.63. The zero-order valence-corrected chi connectivity index (χ0v) is 17.3. The number of thioether (sulfide) groups is 1. The molecule has 0 atom stereocenters. The zero-order chi connectivity index (χ0) is 20.1. The highest BCUT2D eigenvalue weighted by Gasteiger charge is 2.15. The summed E-state index contributed by atoms with van der Waals surface area (Å²) in [5, 5.41) is 20.8. The minimum atomic E-state index is -1.01. The van der Waals surface area contributed by atoms with Gasteiger partial charge >= 0.3 is 5.97 Å². The summed E-state index contributed by atoms with van der Waals surface area (Å²) < 4.78 is 2.95. The quantitative estimate of drug-likeness (QED) is 0.513. The Morgan fingerprint density at radius 1 is 1.11 bits per heavy atom. The summed E-state index contributed by atoms with van der Waals surface area (Å²) in [6, 6.07) is 13.8. The first-order chi connectivity index (χ1) is 13.5. The standard InChI is InChI=1S/C19H17BrN4O3S/c1-2-24-17(12-3-7-14(20)8-4-12)22-23-19(24)28-11-16(25)21-15-9-5-13(6-10-15)18(26)27/h3-10H,2,11H2,1H3,(H,21,25)(H,26,27). The van der Waals surface area contributed by atoms with Crippen molar-refractivity contribution in [3.05, 3.63) is 58.6 Å². The number of carbonyl (C=O) groups is 2. The second kappa shape index (κ2) is 9.03. The number of aromatic carboxylic acids is 1. The summed E-state index contributed by atoms with van der Waals surface area (Å²) >= 11 is 4.72. The van der Waals surface area contributed by atoms with Crippen molar-refractivity contribution in [2.45, 2.75) is 18.6 Å². The van der Waals surface area contributed by atoms with E-state index in [0.717, 1.165) is 15.9 Å². The van der Waals surface area contributed by atoms with Crippen LogP contribution in [-0.2, 0) is 11.3 Å². The van der Waals surface area contributed by atoms with Crippen molar-refractivity contribution in [1.82, 2.24) is 14.8 Å². The normalized spacial score (nSPS) is 10.6. The van der Waals surface area contributed by atoms with Crippen molar-refractivity contribution in [3.8, 4) is 11.4 Å². The fourth-order valence-corrected chi connectivity index (χ4v) is 3.58. The summed E-state index contributed by atoms with van der Waals surface area (Å²) in [5.74, 6) is -0.293. The summed E-state index contributed by atoms with van der Waals surface area (Å²) in [4.78, 5) is 23.1. The number of hydrogen-bond acceptors (Lipinski definition) is 5.